The molecule has 0 spiro atoms. The maximum atomic E-state index is 6.08. The van der Waals surface area contributed by atoms with Crippen molar-refractivity contribution in [3.05, 3.63) is 28.8 Å². The van der Waals surface area contributed by atoms with Gasteiger partial charge in [-0.15, -0.1) is 0 Å². The second-order valence-corrected chi connectivity index (χ2v) is 4.82. The van der Waals surface area contributed by atoms with Crippen LogP contribution in [0.25, 0.3) is 0 Å². The molecule has 16 heavy (non-hydrogen) atoms. The van der Waals surface area contributed by atoms with Crippen LogP contribution < -0.4 is 10.5 Å². The van der Waals surface area contributed by atoms with E-state index in [9.17, 15) is 0 Å². The standard InChI is InChI=1S/C13H20ClNO/c1-9(2)11(8-15)6-10-4-5-13(16-3)12(14)7-10/h4-5,7,9,11H,6,8,15H2,1-3H3. The van der Waals surface area contributed by atoms with Crippen LogP contribution >= 0.6 is 11.6 Å². The first-order valence-electron chi connectivity index (χ1n) is 5.61. The lowest BCUT2D eigenvalue weighted by Crippen LogP contribution is -2.22. The molecule has 2 N–H and O–H groups in total. The fourth-order valence-electron chi connectivity index (χ4n) is 1.73. The Hall–Kier alpha value is -0.730. The number of methoxy groups -OCH3 is 1. The minimum Gasteiger partial charge on any atom is -0.495 e. The summed E-state index contributed by atoms with van der Waals surface area (Å²) in [5, 5.41) is 0.666. The zero-order chi connectivity index (χ0) is 12.1. The number of hydrogen-bond donors (Lipinski definition) is 1. The molecular weight excluding hydrogens is 222 g/mol. The molecule has 0 aliphatic rings. The molecule has 0 aliphatic heterocycles. The van der Waals surface area contributed by atoms with Gasteiger partial charge in [-0.25, -0.2) is 0 Å². The normalized spacial score (nSPS) is 12.9. The van der Waals surface area contributed by atoms with Crippen molar-refractivity contribution in [3.63, 3.8) is 0 Å². The highest BCUT2D eigenvalue weighted by Crippen LogP contribution is 2.26. The molecule has 0 radical (unpaired) electrons. The number of hydrogen-bond acceptors (Lipinski definition) is 2. The number of ether oxygens (including phenoxy) is 1. The van der Waals surface area contributed by atoms with E-state index in [1.54, 1.807) is 7.11 Å². The molecular formula is C13H20ClNO. The fraction of sp³-hybridized carbons (Fsp3) is 0.538. The molecule has 0 fully saturated rings. The van der Waals surface area contributed by atoms with E-state index in [4.69, 9.17) is 22.1 Å². The van der Waals surface area contributed by atoms with E-state index in [1.807, 2.05) is 12.1 Å². The molecule has 0 saturated heterocycles. The molecule has 2 nitrogen and oxygen atoms in total. The summed E-state index contributed by atoms with van der Waals surface area (Å²) < 4.78 is 5.12. The minimum absolute atomic E-state index is 0.504. The predicted octanol–water partition coefficient (Wildman–Crippen LogP) is 3.12. The van der Waals surface area contributed by atoms with Crippen molar-refractivity contribution in [2.45, 2.75) is 20.3 Å². The molecule has 0 aromatic heterocycles. The van der Waals surface area contributed by atoms with Gasteiger partial charge in [0.05, 0.1) is 12.1 Å². The van der Waals surface area contributed by atoms with Gasteiger partial charge in [0, 0.05) is 0 Å². The zero-order valence-electron chi connectivity index (χ0n) is 10.2. The van der Waals surface area contributed by atoms with Crippen LogP contribution in [0.3, 0.4) is 0 Å². The van der Waals surface area contributed by atoms with Crippen LogP contribution in [0.15, 0.2) is 18.2 Å². The molecule has 1 aromatic rings. The van der Waals surface area contributed by atoms with Crippen LogP contribution in [0.5, 0.6) is 5.75 Å². The lowest BCUT2D eigenvalue weighted by molar-refractivity contribution is 0.391. The third-order valence-electron chi connectivity index (χ3n) is 2.96. The molecule has 1 atom stereocenters. The summed E-state index contributed by atoms with van der Waals surface area (Å²) in [5.74, 6) is 1.81. The Morgan fingerprint density at radius 3 is 2.50 bits per heavy atom. The van der Waals surface area contributed by atoms with E-state index >= 15 is 0 Å². The number of rotatable bonds is 5. The smallest absolute Gasteiger partial charge is 0.137 e. The van der Waals surface area contributed by atoms with Gasteiger partial charge in [-0.1, -0.05) is 31.5 Å². The zero-order valence-corrected chi connectivity index (χ0v) is 10.9. The summed E-state index contributed by atoms with van der Waals surface area (Å²) in [5.41, 5.74) is 6.98. The Morgan fingerprint density at radius 2 is 2.06 bits per heavy atom. The number of halogens is 1. The van der Waals surface area contributed by atoms with E-state index in [1.165, 1.54) is 5.56 Å². The van der Waals surface area contributed by atoms with Crippen molar-refractivity contribution in [1.82, 2.24) is 0 Å². The Morgan fingerprint density at radius 1 is 1.38 bits per heavy atom. The monoisotopic (exact) mass is 241 g/mol. The molecule has 0 amide bonds. The first-order valence-corrected chi connectivity index (χ1v) is 5.98. The van der Waals surface area contributed by atoms with Crippen LogP contribution in [-0.2, 0) is 6.42 Å². The molecule has 0 saturated carbocycles. The van der Waals surface area contributed by atoms with E-state index in [-0.39, 0.29) is 0 Å². The van der Waals surface area contributed by atoms with E-state index in [0.29, 0.717) is 23.4 Å². The SMILES string of the molecule is COc1ccc(CC(CN)C(C)C)cc1Cl. The van der Waals surface area contributed by atoms with E-state index < -0.39 is 0 Å². The Balaban J connectivity index is 2.78. The fourth-order valence-corrected chi connectivity index (χ4v) is 2.01. The van der Waals surface area contributed by atoms with Crippen molar-refractivity contribution in [3.8, 4) is 5.75 Å². The largest absolute Gasteiger partial charge is 0.495 e. The lowest BCUT2D eigenvalue weighted by Gasteiger charge is -2.19. The van der Waals surface area contributed by atoms with Gasteiger partial charge in [-0.2, -0.15) is 0 Å². The Kier molecular flexibility index (Phi) is 5.10. The summed E-state index contributed by atoms with van der Waals surface area (Å²) in [4.78, 5) is 0. The first kappa shape index (κ1) is 13.3. The maximum Gasteiger partial charge on any atom is 0.137 e. The topological polar surface area (TPSA) is 35.2 Å². The van der Waals surface area contributed by atoms with Crippen molar-refractivity contribution in [1.29, 1.82) is 0 Å². The van der Waals surface area contributed by atoms with Crippen LogP contribution in [0.4, 0.5) is 0 Å². The predicted molar refractivity (Wildman–Crippen MR) is 69.1 cm³/mol. The molecule has 0 bridgehead atoms. The van der Waals surface area contributed by atoms with Gasteiger partial charge in [-0.05, 0) is 42.5 Å². The minimum atomic E-state index is 0.504. The first-order chi connectivity index (χ1) is 7.58. The summed E-state index contributed by atoms with van der Waals surface area (Å²) in [6.07, 6.45) is 0.970. The summed E-state index contributed by atoms with van der Waals surface area (Å²) in [6.45, 7) is 5.10. The molecule has 1 rings (SSSR count). The summed E-state index contributed by atoms with van der Waals surface area (Å²) in [7, 11) is 1.62. The van der Waals surface area contributed by atoms with Gasteiger partial charge >= 0.3 is 0 Å². The third-order valence-corrected chi connectivity index (χ3v) is 3.26. The van der Waals surface area contributed by atoms with Gasteiger partial charge in [0.2, 0.25) is 0 Å². The average molecular weight is 242 g/mol. The Bertz CT molecular complexity index is 339. The highest BCUT2D eigenvalue weighted by molar-refractivity contribution is 6.32. The quantitative estimate of drug-likeness (QED) is 0.860. The number of nitrogens with two attached hydrogens (primary N) is 1. The molecule has 1 aromatic carbocycles. The van der Waals surface area contributed by atoms with Crippen molar-refractivity contribution >= 4 is 11.6 Å². The van der Waals surface area contributed by atoms with Crippen LogP contribution in [0.2, 0.25) is 5.02 Å². The molecule has 0 heterocycles. The molecule has 90 valence electrons. The van der Waals surface area contributed by atoms with Gasteiger partial charge in [0.1, 0.15) is 5.75 Å². The van der Waals surface area contributed by atoms with E-state index in [0.717, 1.165) is 12.2 Å². The van der Waals surface area contributed by atoms with E-state index in [2.05, 4.69) is 19.9 Å². The van der Waals surface area contributed by atoms with Gasteiger partial charge in [0.15, 0.2) is 0 Å². The molecule has 1 unspecified atom stereocenters. The van der Waals surface area contributed by atoms with Crippen molar-refractivity contribution in [2.75, 3.05) is 13.7 Å². The number of benzene rings is 1. The summed E-state index contributed by atoms with van der Waals surface area (Å²) in [6, 6.07) is 5.92. The van der Waals surface area contributed by atoms with Crippen LogP contribution in [0, 0.1) is 11.8 Å². The van der Waals surface area contributed by atoms with Crippen molar-refractivity contribution in [2.24, 2.45) is 17.6 Å². The Labute approximate surface area is 103 Å². The van der Waals surface area contributed by atoms with Gasteiger partial charge < -0.3 is 10.5 Å². The van der Waals surface area contributed by atoms with Crippen LogP contribution in [-0.4, -0.2) is 13.7 Å². The third kappa shape index (κ3) is 3.39. The highest BCUT2D eigenvalue weighted by atomic mass is 35.5. The average Bonchev–Trinajstić information content (AvgIpc) is 2.25. The highest BCUT2D eigenvalue weighted by Gasteiger charge is 2.13. The van der Waals surface area contributed by atoms with Gasteiger partial charge in [-0.3, -0.25) is 0 Å². The lowest BCUT2D eigenvalue weighted by atomic mass is 9.89. The van der Waals surface area contributed by atoms with Crippen LogP contribution in [0.1, 0.15) is 19.4 Å². The van der Waals surface area contributed by atoms with Gasteiger partial charge in [0.25, 0.3) is 0 Å². The van der Waals surface area contributed by atoms with Crippen molar-refractivity contribution < 1.29 is 4.74 Å². The second kappa shape index (κ2) is 6.12. The summed E-state index contributed by atoms with van der Waals surface area (Å²) >= 11 is 6.08. The molecule has 0 aliphatic carbocycles. The molecule has 3 heteroatoms. The second-order valence-electron chi connectivity index (χ2n) is 4.41. The maximum absolute atomic E-state index is 6.08.